The molecule has 3 N–H and O–H groups in total. The van der Waals surface area contributed by atoms with Gasteiger partial charge < -0.3 is 20.6 Å². The summed E-state index contributed by atoms with van der Waals surface area (Å²) in [6, 6.07) is 0. The highest BCUT2D eigenvalue weighted by molar-refractivity contribution is 5.79. The Hall–Kier alpha value is -0.650. The minimum atomic E-state index is -0.447. The van der Waals surface area contributed by atoms with Gasteiger partial charge in [0.05, 0.1) is 6.61 Å². The van der Waals surface area contributed by atoms with Crippen LogP contribution in [0, 0.1) is 5.92 Å². The van der Waals surface area contributed by atoms with Crippen LogP contribution in [0.25, 0.3) is 0 Å². The van der Waals surface area contributed by atoms with E-state index in [1.807, 2.05) is 4.90 Å². The van der Waals surface area contributed by atoms with Crippen LogP contribution in [0.4, 0.5) is 0 Å². The Balaban J connectivity index is 1.82. The van der Waals surface area contributed by atoms with E-state index in [2.05, 4.69) is 11.8 Å². The number of carbonyl (C=O) groups is 1. The molecule has 5 nitrogen and oxygen atoms in total. The minimum Gasteiger partial charge on any atom is -0.394 e. The topological polar surface area (TPSA) is 69.8 Å². The fraction of sp³-hybridized carbons (Fsp3) is 0.929. The standard InChI is InChI=1S/C14H27N3O2/c1-2-16-7-9-17(10-8-16)13(19)12-3-5-14(15,11-18)6-4-12/h12,18H,2-11,15H2,1H3. The van der Waals surface area contributed by atoms with Crippen molar-refractivity contribution in [2.45, 2.75) is 38.1 Å². The monoisotopic (exact) mass is 269 g/mol. The van der Waals surface area contributed by atoms with Gasteiger partial charge in [-0.1, -0.05) is 6.92 Å². The maximum absolute atomic E-state index is 12.5. The summed E-state index contributed by atoms with van der Waals surface area (Å²) in [7, 11) is 0. The Labute approximate surface area is 115 Å². The molecule has 1 amide bonds. The van der Waals surface area contributed by atoms with Crippen molar-refractivity contribution >= 4 is 5.91 Å². The van der Waals surface area contributed by atoms with Crippen LogP contribution in [-0.4, -0.2) is 65.7 Å². The summed E-state index contributed by atoms with van der Waals surface area (Å²) in [6.07, 6.45) is 3.16. The van der Waals surface area contributed by atoms with E-state index < -0.39 is 5.54 Å². The fourth-order valence-corrected chi connectivity index (χ4v) is 3.14. The third kappa shape index (κ3) is 3.46. The average molecular weight is 269 g/mol. The Morgan fingerprint density at radius 3 is 2.32 bits per heavy atom. The fourth-order valence-electron chi connectivity index (χ4n) is 3.14. The van der Waals surface area contributed by atoms with Crippen molar-refractivity contribution in [3.63, 3.8) is 0 Å². The van der Waals surface area contributed by atoms with Gasteiger partial charge in [-0.05, 0) is 32.2 Å². The minimum absolute atomic E-state index is 0.0308. The molecule has 0 spiro atoms. The zero-order valence-corrected chi connectivity index (χ0v) is 12.0. The molecule has 0 bridgehead atoms. The maximum Gasteiger partial charge on any atom is 0.225 e. The molecule has 0 aromatic carbocycles. The molecule has 2 fully saturated rings. The number of piperazine rings is 1. The molecule has 110 valence electrons. The van der Waals surface area contributed by atoms with Gasteiger partial charge in [0, 0.05) is 37.6 Å². The first-order valence-corrected chi connectivity index (χ1v) is 7.49. The van der Waals surface area contributed by atoms with E-state index in [9.17, 15) is 9.90 Å². The number of rotatable bonds is 3. The van der Waals surface area contributed by atoms with Gasteiger partial charge in [0.2, 0.25) is 5.91 Å². The Morgan fingerprint density at radius 1 is 1.26 bits per heavy atom. The van der Waals surface area contributed by atoms with Gasteiger partial charge in [0.25, 0.3) is 0 Å². The van der Waals surface area contributed by atoms with Crippen LogP contribution in [0.15, 0.2) is 0 Å². The number of hydrogen-bond acceptors (Lipinski definition) is 4. The molecule has 1 aliphatic carbocycles. The van der Waals surface area contributed by atoms with E-state index in [0.717, 1.165) is 58.4 Å². The van der Waals surface area contributed by atoms with Gasteiger partial charge >= 0.3 is 0 Å². The molecule has 5 heteroatoms. The molecule has 0 atom stereocenters. The quantitative estimate of drug-likeness (QED) is 0.758. The average Bonchev–Trinajstić information content (AvgIpc) is 2.47. The summed E-state index contributed by atoms with van der Waals surface area (Å²) in [4.78, 5) is 16.8. The number of aliphatic hydroxyl groups excluding tert-OH is 1. The highest BCUT2D eigenvalue weighted by atomic mass is 16.3. The number of amides is 1. The molecule has 19 heavy (non-hydrogen) atoms. The first-order chi connectivity index (χ1) is 9.08. The van der Waals surface area contributed by atoms with Crippen LogP contribution in [0.5, 0.6) is 0 Å². The van der Waals surface area contributed by atoms with E-state index >= 15 is 0 Å². The molecular formula is C14H27N3O2. The van der Waals surface area contributed by atoms with Crippen molar-refractivity contribution in [1.82, 2.24) is 9.80 Å². The SMILES string of the molecule is CCN1CCN(C(=O)C2CCC(N)(CO)CC2)CC1. The molecule has 1 heterocycles. The van der Waals surface area contributed by atoms with E-state index in [0.29, 0.717) is 5.91 Å². The molecule has 2 aliphatic rings. The van der Waals surface area contributed by atoms with E-state index in [-0.39, 0.29) is 12.5 Å². The van der Waals surface area contributed by atoms with Crippen LogP contribution in [0.1, 0.15) is 32.6 Å². The Kier molecular flexibility index (Phi) is 4.81. The number of hydrogen-bond donors (Lipinski definition) is 2. The third-order valence-electron chi connectivity index (χ3n) is 4.78. The van der Waals surface area contributed by atoms with Gasteiger partial charge in [-0.3, -0.25) is 4.79 Å². The van der Waals surface area contributed by atoms with Crippen LogP contribution >= 0.6 is 0 Å². The van der Waals surface area contributed by atoms with Crippen molar-refractivity contribution in [1.29, 1.82) is 0 Å². The molecule has 0 aromatic rings. The van der Waals surface area contributed by atoms with E-state index in [1.54, 1.807) is 0 Å². The normalized spacial score (nSPS) is 33.4. The Morgan fingerprint density at radius 2 is 1.84 bits per heavy atom. The summed E-state index contributed by atoms with van der Waals surface area (Å²) in [5.74, 6) is 0.423. The highest BCUT2D eigenvalue weighted by Crippen LogP contribution is 2.31. The molecule has 2 rings (SSSR count). The summed E-state index contributed by atoms with van der Waals surface area (Å²) in [5, 5.41) is 9.25. The number of nitrogens with zero attached hydrogens (tertiary/aromatic N) is 2. The lowest BCUT2D eigenvalue weighted by Crippen LogP contribution is -2.52. The molecule has 0 unspecified atom stereocenters. The van der Waals surface area contributed by atoms with Crippen molar-refractivity contribution in [3.8, 4) is 0 Å². The smallest absolute Gasteiger partial charge is 0.225 e. The van der Waals surface area contributed by atoms with Crippen molar-refractivity contribution in [2.75, 3.05) is 39.3 Å². The van der Waals surface area contributed by atoms with Gasteiger partial charge in [-0.2, -0.15) is 0 Å². The van der Waals surface area contributed by atoms with E-state index in [1.165, 1.54) is 0 Å². The zero-order chi connectivity index (χ0) is 13.9. The van der Waals surface area contributed by atoms with E-state index in [4.69, 9.17) is 5.73 Å². The second-order valence-corrected chi connectivity index (χ2v) is 6.05. The Bertz CT molecular complexity index is 306. The predicted molar refractivity (Wildman–Crippen MR) is 74.7 cm³/mol. The van der Waals surface area contributed by atoms with Crippen LogP contribution in [0.3, 0.4) is 0 Å². The number of aliphatic hydroxyl groups is 1. The maximum atomic E-state index is 12.5. The summed E-state index contributed by atoms with van der Waals surface area (Å²) < 4.78 is 0. The van der Waals surface area contributed by atoms with Crippen molar-refractivity contribution in [3.05, 3.63) is 0 Å². The van der Waals surface area contributed by atoms with Gasteiger partial charge in [-0.25, -0.2) is 0 Å². The van der Waals surface area contributed by atoms with Crippen LogP contribution < -0.4 is 5.73 Å². The zero-order valence-electron chi connectivity index (χ0n) is 12.0. The number of likely N-dealkylation sites (N-methyl/N-ethyl adjacent to an activating group) is 1. The molecule has 1 saturated carbocycles. The lowest BCUT2D eigenvalue weighted by atomic mass is 9.77. The number of carbonyl (C=O) groups excluding carboxylic acids is 1. The second kappa shape index (κ2) is 6.20. The van der Waals surface area contributed by atoms with Crippen molar-refractivity contribution in [2.24, 2.45) is 11.7 Å². The highest BCUT2D eigenvalue weighted by Gasteiger charge is 2.36. The molecule has 0 radical (unpaired) electrons. The summed E-state index contributed by atoms with van der Waals surface area (Å²) in [5.41, 5.74) is 5.61. The lowest BCUT2D eigenvalue weighted by molar-refractivity contribution is -0.138. The van der Waals surface area contributed by atoms with Gasteiger partial charge in [-0.15, -0.1) is 0 Å². The third-order valence-corrected chi connectivity index (χ3v) is 4.78. The first-order valence-electron chi connectivity index (χ1n) is 7.49. The summed E-state index contributed by atoms with van der Waals surface area (Å²) in [6.45, 7) is 6.96. The molecule has 0 aromatic heterocycles. The van der Waals surface area contributed by atoms with Gasteiger partial charge in [0.15, 0.2) is 0 Å². The molecule has 1 aliphatic heterocycles. The second-order valence-electron chi connectivity index (χ2n) is 6.05. The van der Waals surface area contributed by atoms with Crippen molar-refractivity contribution < 1.29 is 9.90 Å². The largest absolute Gasteiger partial charge is 0.394 e. The summed E-state index contributed by atoms with van der Waals surface area (Å²) >= 11 is 0. The first kappa shape index (κ1) is 14.8. The lowest BCUT2D eigenvalue weighted by Gasteiger charge is -2.39. The van der Waals surface area contributed by atoms with Crippen LogP contribution in [0.2, 0.25) is 0 Å². The molecular weight excluding hydrogens is 242 g/mol. The molecule has 1 saturated heterocycles. The predicted octanol–water partition coefficient (Wildman–Crippen LogP) is 0.0305. The van der Waals surface area contributed by atoms with Gasteiger partial charge in [0.1, 0.15) is 0 Å². The number of nitrogens with two attached hydrogens (primary N) is 1. The van der Waals surface area contributed by atoms with Crippen LogP contribution in [-0.2, 0) is 4.79 Å².